The van der Waals surface area contributed by atoms with Crippen LogP contribution in [0.25, 0.3) is 5.65 Å². The van der Waals surface area contributed by atoms with Crippen molar-refractivity contribution in [3.8, 4) is 0 Å². The Hall–Kier alpha value is -1.99. The van der Waals surface area contributed by atoms with Crippen molar-refractivity contribution < 1.29 is 9.90 Å². The molecule has 1 N–H and O–H groups in total. The van der Waals surface area contributed by atoms with Crippen LogP contribution in [0.4, 0.5) is 0 Å². The van der Waals surface area contributed by atoms with Gasteiger partial charge >= 0.3 is 5.69 Å². The van der Waals surface area contributed by atoms with Gasteiger partial charge in [0.1, 0.15) is 0 Å². The summed E-state index contributed by atoms with van der Waals surface area (Å²) in [7, 11) is 1.83. The minimum atomic E-state index is -0.440. The number of aliphatic hydroxyl groups is 1. The Morgan fingerprint density at radius 2 is 2.14 bits per heavy atom. The van der Waals surface area contributed by atoms with Gasteiger partial charge in [-0.2, -0.15) is 0 Å². The van der Waals surface area contributed by atoms with E-state index in [1.165, 1.54) is 4.40 Å². The molecule has 0 fully saturated rings. The molecule has 0 aliphatic rings. The molecule has 2 heterocycles. The van der Waals surface area contributed by atoms with Gasteiger partial charge < -0.3 is 5.11 Å². The fraction of sp³-hybridized carbons (Fsp3) is 0.500. The third-order valence-corrected chi connectivity index (χ3v) is 3.27. The van der Waals surface area contributed by atoms with Gasteiger partial charge in [0.05, 0.1) is 6.54 Å². The normalized spacial score (nSPS) is 11.4. The lowest BCUT2D eigenvalue weighted by molar-refractivity contribution is 0.0842. The number of pyridine rings is 1. The van der Waals surface area contributed by atoms with Crippen LogP contribution in [0.15, 0.2) is 29.2 Å². The van der Waals surface area contributed by atoms with Gasteiger partial charge in [-0.25, -0.2) is 9.20 Å². The highest BCUT2D eigenvalue weighted by molar-refractivity contribution is 5.80. The van der Waals surface area contributed by atoms with E-state index in [0.29, 0.717) is 5.65 Å². The molecular weight excluding hydrogens is 272 g/mol. The number of likely N-dealkylation sites (N-methyl/N-ethyl adjacent to an activating group) is 1. The summed E-state index contributed by atoms with van der Waals surface area (Å²) in [5.41, 5.74) is 0.0192. The van der Waals surface area contributed by atoms with Crippen molar-refractivity contribution in [1.29, 1.82) is 0 Å². The molecule has 0 spiro atoms. The van der Waals surface area contributed by atoms with Gasteiger partial charge in [-0.15, -0.1) is 9.78 Å². The number of carbonyl (C=O) groups is 1. The first-order valence-electron chi connectivity index (χ1n) is 7.02. The number of hydrogen-bond acceptors (Lipinski definition) is 5. The van der Waals surface area contributed by atoms with E-state index >= 15 is 0 Å². The summed E-state index contributed by atoms with van der Waals surface area (Å²) in [6, 6.07) is 5.17. The van der Waals surface area contributed by atoms with Gasteiger partial charge in [-0.3, -0.25) is 9.69 Å². The molecule has 2 aromatic rings. The van der Waals surface area contributed by atoms with Crippen LogP contribution < -0.4 is 5.69 Å². The van der Waals surface area contributed by atoms with E-state index in [4.69, 9.17) is 5.11 Å². The maximum Gasteiger partial charge on any atom is 0.357 e. The number of nitrogens with zero attached hydrogens (tertiary/aromatic N) is 4. The molecule has 0 unspecified atom stereocenters. The fourth-order valence-corrected chi connectivity index (χ4v) is 2.13. The van der Waals surface area contributed by atoms with Crippen LogP contribution in [0.1, 0.15) is 24.1 Å². The van der Waals surface area contributed by atoms with E-state index in [0.717, 1.165) is 30.5 Å². The van der Waals surface area contributed by atoms with E-state index in [9.17, 15) is 9.59 Å². The third kappa shape index (κ3) is 3.77. The average Bonchev–Trinajstić information content (AvgIpc) is 2.81. The van der Waals surface area contributed by atoms with Crippen molar-refractivity contribution in [1.82, 2.24) is 19.1 Å². The van der Waals surface area contributed by atoms with Gasteiger partial charge in [0.25, 0.3) is 5.91 Å². The summed E-state index contributed by atoms with van der Waals surface area (Å²) in [5.74, 6) is -0.339. The second kappa shape index (κ2) is 7.14. The minimum absolute atomic E-state index is 0.142. The maximum absolute atomic E-state index is 12.1. The maximum atomic E-state index is 12.1. The molecular formula is C14H20N4O3. The number of hydrogen-bond donors (Lipinski definition) is 1. The Kier molecular flexibility index (Phi) is 5.24. The monoisotopic (exact) mass is 292 g/mol. The van der Waals surface area contributed by atoms with Crippen molar-refractivity contribution in [3.05, 3.63) is 34.9 Å². The molecule has 0 bridgehead atoms. The second-order valence-electron chi connectivity index (χ2n) is 5.04. The van der Waals surface area contributed by atoms with Crippen molar-refractivity contribution in [2.75, 3.05) is 26.7 Å². The molecule has 0 amide bonds. The highest BCUT2D eigenvalue weighted by Crippen LogP contribution is 1.98. The van der Waals surface area contributed by atoms with Crippen LogP contribution in [-0.4, -0.2) is 56.8 Å². The Labute approximate surface area is 122 Å². The van der Waals surface area contributed by atoms with E-state index in [2.05, 4.69) is 5.10 Å². The lowest BCUT2D eigenvalue weighted by Gasteiger charge is -2.14. The molecule has 0 saturated heterocycles. The Morgan fingerprint density at radius 1 is 1.33 bits per heavy atom. The molecule has 2 rings (SSSR count). The molecule has 0 aromatic carbocycles. The highest BCUT2D eigenvalue weighted by Gasteiger charge is 2.15. The summed E-state index contributed by atoms with van der Waals surface area (Å²) >= 11 is 0. The Bertz CT molecular complexity index is 662. The number of aromatic nitrogens is 3. The summed E-state index contributed by atoms with van der Waals surface area (Å²) in [6.07, 6.45) is 4.19. The Balaban J connectivity index is 1.99. The van der Waals surface area contributed by atoms with Crippen LogP contribution in [0.2, 0.25) is 0 Å². The standard InChI is InChI=1S/C14H20N4O3/c1-16(8-4-2-6-10-19)11-13(20)18-14(21)17-9-5-3-7-12(17)15-18/h3,5,7,9,19H,2,4,6,8,10-11H2,1H3. The van der Waals surface area contributed by atoms with Crippen molar-refractivity contribution in [2.24, 2.45) is 0 Å². The molecule has 0 aliphatic heterocycles. The van der Waals surface area contributed by atoms with Crippen molar-refractivity contribution in [2.45, 2.75) is 19.3 Å². The zero-order valence-electron chi connectivity index (χ0n) is 12.1. The summed E-state index contributed by atoms with van der Waals surface area (Å²) in [5, 5.41) is 12.7. The zero-order chi connectivity index (χ0) is 15.2. The number of aliphatic hydroxyl groups excluding tert-OH is 1. The molecule has 0 radical (unpaired) electrons. The Morgan fingerprint density at radius 3 is 2.86 bits per heavy atom. The molecule has 7 heteroatoms. The lowest BCUT2D eigenvalue weighted by atomic mass is 10.2. The number of unbranched alkanes of at least 4 members (excludes halogenated alkanes) is 2. The topological polar surface area (TPSA) is 79.8 Å². The lowest BCUT2D eigenvalue weighted by Crippen LogP contribution is -2.36. The predicted molar refractivity (Wildman–Crippen MR) is 78.5 cm³/mol. The highest BCUT2D eigenvalue weighted by atomic mass is 16.3. The fourth-order valence-electron chi connectivity index (χ4n) is 2.13. The molecule has 0 aliphatic carbocycles. The van der Waals surface area contributed by atoms with Gasteiger partial charge in [0, 0.05) is 12.8 Å². The number of carbonyl (C=O) groups excluding carboxylic acids is 1. The first kappa shape index (κ1) is 15.4. The van der Waals surface area contributed by atoms with E-state index in [-0.39, 0.29) is 19.1 Å². The molecule has 2 aromatic heterocycles. The number of rotatable bonds is 7. The zero-order valence-corrected chi connectivity index (χ0v) is 12.1. The predicted octanol–water partition coefficient (Wildman–Crippen LogP) is 0.231. The van der Waals surface area contributed by atoms with Crippen LogP contribution in [-0.2, 0) is 0 Å². The van der Waals surface area contributed by atoms with Crippen LogP contribution in [0, 0.1) is 0 Å². The number of fused-ring (bicyclic) bond motifs is 1. The van der Waals surface area contributed by atoms with Crippen LogP contribution in [0.3, 0.4) is 0 Å². The van der Waals surface area contributed by atoms with Crippen LogP contribution >= 0.6 is 0 Å². The van der Waals surface area contributed by atoms with Crippen molar-refractivity contribution in [3.63, 3.8) is 0 Å². The molecule has 0 saturated carbocycles. The summed E-state index contributed by atoms with van der Waals surface area (Å²) in [4.78, 5) is 26.0. The minimum Gasteiger partial charge on any atom is -0.396 e. The third-order valence-electron chi connectivity index (χ3n) is 3.27. The first-order chi connectivity index (χ1) is 10.1. The van der Waals surface area contributed by atoms with E-state index in [1.807, 2.05) is 11.9 Å². The van der Waals surface area contributed by atoms with Gasteiger partial charge in [0.2, 0.25) is 0 Å². The van der Waals surface area contributed by atoms with E-state index in [1.54, 1.807) is 24.4 Å². The summed E-state index contributed by atoms with van der Waals surface area (Å²) in [6.45, 7) is 1.08. The molecule has 0 atom stereocenters. The first-order valence-corrected chi connectivity index (χ1v) is 7.02. The quantitative estimate of drug-likeness (QED) is 0.739. The summed E-state index contributed by atoms with van der Waals surface area (Å²) < 4.78 is 2.26. The van der Waals surface area contributed by atoms with Gasteiger partial charge in [-0.1, -0.05) is 6.07 Å². The van der Waals surface area contributed by atoms with Gasteiger partial charge in [0.15, 0.2) is 5.65 Å². The molecule has 21 heavy (non-hydrogen) atoms. The smallest absolute Gasteiger partial charge is 0.357 e. The second-order valence-corrected chi connectivity index (χ2v) is 5.04. The largest absolute Gasteiger partial charge is 0.396 e. The van der Waals surface area contributed by atoms with E-state index < -0.39 is 5.69 Å². The average molecular weight is 292 g/mol. The molecule has 114 valence electrons. The SMILES string of the molecule is CN(CCCCCO)CC(=O)n1nc2ccccn2c1=O. The van der Waals surface area contributed by atoms with Crippen LogP contribution in [0.5, 0.6) is 0 Å². The van der Waals surface area contributed by atoms with Gasteiger partial charge in [-0.05, 0) is 45.0 Å². The van der Waals surface area contributed by atoms with Crippen molar-refractivity contribution >= 4 is 11.6 Å². The molecule has 7 nitrogen and oxygen atoms in total.